The molecule has 2 N–H and O–H groups in total. The van der Waals surface area contributed by atoms with Gasteiger partial charge in [-0.1, -0.05) is 17.7 Å². The van der Waals surface area contributed by atoms with Crippen molar-refractivity contribution < 1.29 is 9.90 Å². The van der Waals surface area contributed by atoms with Gasteiger partial charge in [0.2, 0.25) is 0 Å². The number of anilines is 1. The average molecular weight is 268 g/mol. The molecule has 3 nitrogen and oxygen atoms in total. The van der Waals surface area contributed by atoms with Crippen LogP contribution in [0.15, 0.2) is 36.4 Å². The second-order valence-electron chi connectivity index (χ2n) is 3.45. The van der Waals surface area contributed by atoms with E-state index in [4.69, 9.17) is 16.7 Å². The van der Waals surface area contributed by atoms with Crippen molar-refractivity contribution in [1.82, 2.24) is 0 Å². The number of hydrogen-bond acceptors (Lipinski definition) is 3. The van der Waals surface area contributed by atoms with Crippen molar-refractivity contribution in [2.45, 2.75) is 6.54 Å². The summed E-state index contributed by atoms with van der Waals surface area (Å²) in [6.07, 6.45) is 0. The normalized spacial score (nSPS) is 10.2. The fourth-order valence-corrected chi connectivity index (χ4v) is 2.43. The molecule has 0 amide bonds. The number of carboxylic acids is 1. The molecule has 17 heavy (non-hydrogen) atoms. The number of carbonyl (C=O) groups is 1. The van der Waals surface area contributed by atoms with Crippen LogP contribution in [0.1, 0.15) is 15.2 Å². The van der Waals surface area contributed by atoms with Gasteiger partial charge >= 0.3 is 5.97 Å². The summed E-state index contributed by atoms with van der Waals surface area (Å²) >= 11 is 7.33. The Labute approximate surface area is 108 Å². The molecule has 0 saturated heterocycles. The predicted molar refractivity (Wildman–Crippen MR) is 70.1 cm³/mol. The summed E-state index contributed by atoms with van der Waals surface area (Å²) in [5.41, 5.74) is 1.06. The van der Waals surface area contributed by atoms with Crippen LogP contribution in [0.25, 0.3) is 0 Å². The maximum Gasteiger partial charge on any atom is 0.335 e. The third-order valence-corrected chi connectivity index (χ3v) is 3.44. The van der Waals surface area contributed by atoms with E-state index >= 15 is 0 Å². The Bertz CT molecular complexity index is 539. The summed E-state index contributed by atoms with van der Waals surface area (Å²) < 4.78 is 0.751. The fraction of sp³-hybridized carbons (Fsp3) is 0.0833. The van der Waals surface area contributed by atoms with Gasteiger partial charge in [-0.15, -0.1) is 11.3 Å². The number of benzene rings is 1. The number of nitrogens with one attached hydrogen (secondary N) is 1. The molecule has 1 heterocycles. The van der Waals surface area contributed by atoms with Gasteiger partial charge in [-0.05, 0) is 30.3 Å². The van der Waals surface area contributed by atoms with Gasteiger partial charge in [0.05, 0.1) is 9.90 Å². The number of aromatic carboxylic acids is 1. The minimum Gasteiger partial charge on any atom is -0.478 e. The molecule has 0 saturated carbocycles. The first-order chi connectivity index (χ1) is 8.15. The Morgan fingerprint density at radius 3 is 2.82 bits per heavy atom. The van der Waals surface area contributed by atoms with Crippen LogP contribution in [0.4, 0.5) is 5.69 Å². The standard InChI is InChI=1S/C12H10ClNO2S/c13-11-5-4-10(17-11)7-14-9-3-1-2-8(6-9)12(15)16/h1-6,14H,7H2,(H,15,16). The van der Waals surface area contributed by atoms with E-state index in [-0.39, 0.29) is 5.56 Å². The lowest BCUT2D eigenvalue weighted by Gasteiger charge is -2.05. The van der Waals surface area contributed by atoms with Crippen molar-refractivity contribution >= 4 is 34.6 Å². The number of rotatable bonds is 4. The number of halogens is 1. The van der Waals surface area contributed by atoms with Gasteiger partial charge in [0.1, 0.15) is 0 Å². The first kappa shape index (κ1) is 12.0. The van der Waals surface area contributed by atoms with Crippen LogP contribution < -0.4 is 5.32 Å². The second-order valence-corrected chi connectivity index (χ2v) is 5.24. The number of thiophene rings is 1. The molecule has 88 valence electrons. The van der Waals surface area contributed by atoms with Gasteiger partial charge in [-0.2, -0.15) is 0 Å². The summed E-state index contributed by atoms with van der Waals surface area (Å²) in [5, 5.41) is 12.0. The highest BCUT2D eigenvalue weighted by Gasteiger charge is 2.03. The number of hydrogen-bond donors (Lipinski definition) is 2. The van der Waals surface area contributed by atoms with Crippen LogP contribution in [0, 0.1) is 0 Å². The molecule has 5 heteroatoms. The minimum atomic E-state index is -0.923. The lowest BCUT2D eigenvalue weighted by Crippen LogP contribution is -2.00. The third-order valence-electron chi connectivity index (χ3n) is 2.21. The fourth-order valence-electron chi connectivity index (χ4n) is 1.40. The van der Waals surface area contributed by atoms with Crippen molar-refractivity contribution in [2.24, 2.45) is 0 Å². The van der Waals surface area contributed by atoms with Gasteiger partial charge in [0.15, 0.2) is 0 Å². The Morgan fingerprint density at radius 1 is 1.35 bits per heavy atom. The molecule has 0 aliphatic heterocycles. The summed E-state index contributed by atoms with van der Waals surface area (Å²) in [6, 6.07) is 10.5. The van der Waals surface area contributed by atoms with Crippen LogP contribution in [0.5, 0.6) is 0 Å². The van der Waals surface area contributed by atoms with Crippen LogP contribution in [-0.2, 0) is 6.54 Å². The quantitative estimate of drug-likeness (QED) is 0.888. The van der Waals surface area contributed by atoms with E-state index < -0.39 is 5.97 Å². The van der Waals surface area contributed by atoms with Crippen molar-refractivity contribution in [2.75, 3.05) is 5.32 Å². The molecule has 0 atom stereocenters. The van der Waals surface area contributed by atoms with Crippen LogP contribution in [-0.4, -0.2) is 11.1 Å². The molecular formula is C12H10ClNO2S. The third kappa shape index (κ3) is 3.22. The SMILES string of the molecule is O=C(O)c1cccc(NCc2ccc(Cl)s2)c1. The Kier molecular flexibility index (Phi) is 3.66. The molecule has 1 aromatic heterocycles. The van der Waals surface area contributed by atoms with E-state index in [1.165, 1.54) is 11.3 Å². The Balaban J connectivity index is 2.04. The monoisotopic (exact) mass is 267 g/mol. The molecule has 0 fully saturated rings. The lowest BCUT2D eigenvalue weighted by atomic mass is 10.2. The zero-order chi connectivity index (χ0) is 12.3. The van der Waals surface area contributed by atoms with E-state index in [0.29, 0.717) is 6.54 Å². The van der Waals surface area contributed by atoms with Crippen molar-refractivity contribution in [3.8, 4) is 0 Å². The summed E-state index contributed by atoms with van der Waals surface area (Å²) in [7, 11) is 0. The maximum absolute atomic E-state index is 10.8. The first-order valence-corrected chi connectivity index (χ1v) is 6.16. The van der Waals surface area contributed by atoms with Crippen molar-refractivity contribution in [3.63, 3.8) is 0 Å². The zero-order valence-corrected chi connectivity index (χ0v) is 10.4. The van der Waals surface area contributed by atoms with Crippen molar-refractivity contribution in [1.29, 1.82) is 0 Å². The molecule has 0 radical (unpaired) electrons. The topological polar surface area (TPSA) is 49.3 Å². The first-order valence-electron chi connectivity index (χ1n) is 4.96. The van der Waals surface area contributed by atoms with Gasteiger partial charge in [0, 0.05) is 17.1 Å². The molecule has 2 rings (SSSR count). The second kappa shape index (κ2) is 5.21. The highest BCUT2D eigenvalue weighted by molar-refractivity contribution is 7.16. The molecule has 2 aromatic rings. The summed E-state index contributed by atoms with van der Waals surface area (Å²) in [4.78, 5) is 11.9. The molecule has 0 aliphatic carbocycles. The Morgan fingerprint density at radius 2 is 2.18 bits per heavy atom. The van der Waals surface area contributed by atoms with Crippen LogP contribution >= 0.6 is 22.9 Å². The van der Waals surface area contributed by atoms with Crippen molar-refractivity contribution in [3.05, 3.63) is 51.2 Å². The lowest BCUT2D eigenvalue weighted by molar-refractivity contribution is 0.0697. The van der Waals surface area contributed by atoms with E-state index in [9.17, 15) is 4.79 Å². The molecule has 0 bridgehead atoms. The highest BCUT2D eigenvalue weighted by atomic mass is 35.5. The summed E-state index contributed by atoms with van der Waals surface area (Å²) in [6.45, 7) is 0.639. The minimum absolute atomic E-state index is 0.277. The molecule has 0 spiro atoms. The molecule has 0 aliphatic rings. The summed E-state index contributed by atoms with van der Waals surface area (Å²) in [5.74, 6) is -0.923. The maximum atomic E-state index is 10.8. The zero-order valence-electron chi connectivity index (χ0n) is 8.81. The van der Waals surface area contributed by atoms with E-state index in [1.54, 1.807) is 18.2 Å². The Hall–Kier alpha value is -1.52. The number of carboxylic acid groups (broad SMARTS) is 1. The highest BCUT2D eigenvalue weighted by Crippen LogP contribution is 2.22. The van der Waals surface area contributed by atoms with E-state index in [2.05, 4.69) is 5.32 Å². The van der Waals surface area contributed by atoms with E-state index in [1.807, 2.05) is 18.2 Å². The molecule has 0 unspecified atom stereocenters. The van der Waals surface area contributed by atoms with Gasteiger partial charge in [-0.3, -0.25) is 0 Å². The van der Waals surface area contributed by atoms with Gasteiger partial charge in [-0.25, -0.2) is 4.79 Å². The average Bonchev–Trinajstić information content (AvgIpc) is 2.73. The molecular weight excluding hydrogens is 258 g/mol. The predicted octanol–water partition coefficient (Wildman–Crippen LogP) is 3.71. The smallest absolute Gasteiger partial charge is 0.335 e. The van der Waals surface area contributed by atoms with Crippen LogP contribution in [0.2, 0.25) is 4.34 Å². The largest absolute Gasteiger partial charge is 0.478 e. The van der Waals surface area contributed by atoms with Gasteiger partial charge < -0.3 is 10.4 Å². The van der Waals surface area contributed by atoms with E-state index in [0.717, 1.165) is 14.9 Å². The van der Waals surface area contributed by atoms with Gasteiger partial charge in [0.25, 0.3) is 0 Å². The van der Waals surface area contributed by atoms with Crippen LogP contribution in [0.3, 0.4) is 0 Å². The molecule has 1 aromatic carbocycles.